The van der Waals surface area contributed by atoms with E-state index in [1.54, 1.807) is 12.3 Å². The van der Waals surface area contributed by atoms with Gasteiger partial charge in [-0.3, -0.25) is 0 Å². The molecule has 0 bridgehead atoms. The van der Waals surface area contributed by atoms with Gasteiger partial charge in [-0.25, -0.2) is 9.98 Å². The Labute approximate surface area is 115 Å². The van der Waals surface area contributed by atoms with Crippen LogP contribution in [0.1, 0.15) is 5.56 Å². The van der Waals surface area contributed by atoms with Crippen LogP contribution in [0.2, 0.25) is 10.4 Å². The third-order valence-corrected chi connectivity index (χ3v) is 2.40. The number of nitrogens with zero attached hydrogens (tertiary/aromatic N) is 3. The van der Waals surface area contributed by atoms with E-state index < -0.39 is 0 Å². The van der Waals surface area contributed by atoms with E-state index >= 15 is 0 Å². The number of aliphatic imine (C=N–C) groups is 1. The van der Waals surface area contributed by atoms with E-state index in [0.717, 1.165) is 5.56 Å². The summed E-state index contributed by atoms with van der Waals surface area (Å²) in [6.07, 6.45) is 5.38. The zero-order valence-corrected chi connectivity index (χ0v) is 10.8. The number of hydrogen-bond donors (Lipinski definition) is 0. The molecule has 0 amide bonds. The van der Waals surface area contributed by atoms with Crippen molar-refractivity contribution in [1.29, 1.82) is 0 Å². The summed E-state index contributed by atoms with van der Waals surface area (Å²) in [5.74, 6) is 0.428. The fraction of sp³-hybridized carbons (Fsp3) is 0. The Morgan fingerprint density at radius 1 is 1.06 bits per heavy atom. The van der Waals surface area contributed by atoms with Crippen molar-refractivity contribution in [2.75, 3.05) is 0 Å². The van der Waals surface area contributed by atoms with Crippen molar-refractivity contribution in [3.63, 3.8) is 0 Å². The van der Waals surface area contributed by atoms with Crippen LogP contribution in [-0.4, -0.2) is 16.2 Å². The lowest BCUT2D eigenvalue weighted by Gasteiger charge is -1.93. The molecule has 0 spiro atoms. The lowest BCUT2D eigenvalue weighted by atomic mass is 10.2. The normalized spacial score (nSPS) is 11.4. The molecule has 0 radical (unpaired) electrons. The summed E-state index contributed by atoms with van der Waals surface area (Å²) in [5.41, 5.74) is 1.10. The van der Waals surface area contributed by atoms with Gasteiger partial charge in [-0.15, -0.1) is 0 Å². The molecule has 0 aliphatic rings. The highest BCUT2D eigenvalue weighted by Crippen LogP contribution is 2.16. The molecule has 0 saturated carbocycles. The van der Waals surface area contributed by atoms with Gasteiger partial charge in [-0.1, -0.05) is 48.0 Å². The maximum absolute atomic E-state index is 5.73. The lowest BCUT2D eigenvalue weighted by molar-refractivity contribution is 1.15. The Morgan fingerprint density at radius 2 is 1.83 bits per heavy atom. The average molecular weight is 278 g/mol. The Morgan fingerprint density at radius 3 is 2.56 bits per heavy atom. The van der Waals surface area contributed by atoms with Gasteiger partial charge < -0.3 is 0 Å². The largest absolute Gasteiger partial charge is 0.237 e. The summed E-state index contributed by atoms with van der Waals surface area (Å²) in [6.45, 7) is 0. The number of rotatable bonds is 3. The van der Waals surface area contributed by atoms with Crippen molar-refractivity contribution < 1.29 is 0 Å². The summed E-state index contributed by atoms with van der Waals surface area (Å²) in [7, 11) is 0. The molecule has 90 valence electrons. The van der Waals surface area contributed by atoms with Crippen molar-refractivity contribution in [3.8, 4) is 0 Å². The monoisotopic (exact) mass is 277 g/mol. The first-order valence-corrected chi connectivity index (χ1v) is 5.95. The van der Waals surface area contributed by atoms with Crippen molar-refractivity contribution in [3.05, 3.63) is 58.5 Å². The molecule has 0 atom stereocenters. The Bertz CT molecular complexity index is 560. The summed E-state index contributed by atoms with van der Waals surface area (Å²) in [4.78, 5) is 11.8. The highest BCUT2D eigenvalue weighted by molar-refractivity contribution is 6.32. The van der Waals surface area contributed by atoms with E-state index in [0.29, 0.717) is 5.82 Å². The molecule has 2 aromatic rings. The van der Waals surface area contributed by atoms with Gasteiger partial charge in [0.2, 0.25) is 5.28 Å². The van der Waals surface area contributed by atoms with Crippen LogP contribution in [0.15, 0.2) is 47.5 Å². The van der Waals surface area contributed by atoms with Crippen molar-refractivity contribution in [1.82, 2.24) is 9.97 Å². The van der Waals surface area contributed by atoms with Gasteiger partial charge in [-0.2, -0.15) is 4.98 Å². The van der Waals surface area contributed by atoms with Crippen LogP contribution < -0.4 is 0 Å². The highest BCUT2D eigenvalue weighted by Gasteiger charge is 1.97. The molecule has 0 saturated heterocycles. The van der Waals surface area contributed by atoms with Crippen LogP contribution in [0.25, 0.3) is 6.08 Å². The molecule has 2 rings (SSSR count). The van der Waals surface area contributed by atoms with Crippen LogP contribution in [0.3, 0.4) is 0 Å². The molecule has 1 heterocycles. The summed E-state index contributed by atoms with van der Waals surface area (Å²) in [6, 6.07) is 11.5. The smallest absolute Gasteiger partial charge is 0.225 e. The minimum absolute atomic E-state index is 0.0849. The van der Waals surface area contributed by atoms with Crippen LogP contribution in [0, 0.1) is 0 Å². The maximum Gasteiger partial charge on any atom is 0.225 e. The molecule has 1 aromatic heterocycles. The second-order valence-electron chi connectivity index (χ2n) is 3.37. The Kier molecular flexibility index (Phi) is 4.45. The molecule has 0 aliphatic heterocycles. The summed E-state index contributed by atoms with van der Waals surface area (Å²) < 4.78 is 0. The van der Waals surface area contributed by atoms with E-state index in [4.69, 9.17) is 23.2 Å². The Hall–Kier alpha value is -1.71. The van der Waals surface area contributed by atoms with Crippen LogP contribution in [0.4, 0.5) is 5.82 Å². The minimum atomic E-state index is 0.0849. The number of hydrogen-bond acceptors (Lipinski definition) is 3. The average Bonchev–Trinajstić information content (AvgIpc) is 2.35. The molecule has 0 aliphatic carbocycles. The molecule has 0 N–H and O–H groups in total. The fourth-order valence-corrected chi connectivity index (χ4v) is 1.68. The molecular weight excluding hydrogens is 269 g/mol. The van der Waals surface area contributed by atoms with Crippen LogP contribution in [-0.2, 0) is 0 Å². The first kappa shape index (κ1) is 12.7. The van der Waals surface area contributed by atoms with Crippen LogP contribution in [0.5, 0.6) is 0 Å². The minimum Gasteiger partial charge on any atom is -0.237 e. The molecule has 18 heavy (non-hydrogen) atoms. The van der Waals surface area contributed by atoms with Crippen molar-refractivity contribution >= 4 is 41.3 Å². The van der Waals surface area contributed by atoms with Gasteiger partial charge >= 0.3 is 0 Å². The van der Waals surface area contributed by atoms with Gasteiger partial charge in [0.15, 0.2) is 5.82 Å². The number of allylic oxidation sites excluding steroid dienone is 1. The quantitative estimate of drug-likeness (QED) is 0.479. The SMILES string of the molecule is Clc1cc(N=CC=Cc2ccccc2)nc(Cl)n1. The third-order valence-electron chi connectivity index (χ3n) is 2.04. The van der Waals surface area contributed by atoms with Gasteiger partial charge in [0, 0.05) is 12.3 Å². The zero-order valence-electron chi connectivity index (χ0n) is 9.29. The first-order valence-electron chi connectivity index (χ1n) is 5.20. The molecule has 1 aromatic carbocycles. The first-order chi connectivity index (χ1) is 8.74. The van der Waals surface area contributed by atoms with E-state index in [2.05, 4.69) is 15.0 Å². The second-order valence-corrected chi connectivity index (χ2v) is 4.09. The van der Waals surface area contributed by atoms with Crippen molar-refractivity contribution in [2.24, 2.45) is 4.99 Å². The van der Waals surface area contributed by atoms with Gasteiger partial charge in [0.05, 0.1) is 0 Å². The molecule has 5 heteroatoms. The zero-order chi connectivity index (χ0) is 12.8. The predicted molar refractivity (Wildman–Crippen MR) is 75.7 cm³/mol. The highest BCUT2D eigenvalue weighted by atomic mass is 35.5. The third kappa shape index (κ3) is 3.95. The number of aromatic nitrogens is 2. The van der Waals surface area contributed by atoms with E-state index in [1.165, 1.54) is 0 Å². The van der Waals surface area contributed by atoms with Crippen LogP contribution >= 0.6 is 23.2 Å². The molecular formula is C13H9Cl2N3. The summed E-state index contributed by atoms with van der Waals surface area (Å²) >= 11 is 11.4. The predicted octanol–water partition coefficient (Wildman–Crippen LogP) is 4.20. The van der Waals surface area contributed by atoms with Gasteiger partial charge in [0.1, 0.15) is 5.15 Å². The topological polar surface area (TPSA) is 38.1 Å². The Balaban J connectivity index is 2.05. The standard InChI is InChI=1S/C13H9Cl2N3/c14-11-9-12(18-13(15)17-11)16-8-4-7-10-5-2-1-3-6-10/h1-9H. The second kappa shape index (κ2) is 6.28. The van der Waals surface area contributed by atoms with E-state index in [9.17, 15) is 0 Å². The summed E-state index contributed by atoms with van der Waals surface area (Å²) in [5, 5.41) is 0.357. The number of benzene rings is 1. The molecule has 0 fully saturated rings. The van der Waals surface area contributed by atoms with Crippen molar-refractivity contribution in [2.45, 2.75) is 0 Å². The van der Waals surface area contributed by atoms with E-state index in [-0.39, 0.29) is 10.4 Å². The molecule has 3 nitrogen and oxygen atoms in total. The lowest BCUT2D eigenvalue weighted by Crippen LogP contribution is -1.82. The fourth-order valence-electron chi connectivity index (χ4n) is 1.28. The maximum atomic E-state index is 5.73. The van der Waals surface area contributed by atoms with E-state index in [1.807, 2.05) is 42.5 Å². The number of halogens is 2. The van der Waals surface area contributed by atoms with Gasteiger partial charge in [0.25, 0.3) is 0 Å². The molecule has 0 unspecified atom stereocenters. The van der Waals surface area contributed by atoms with Gasteiger partial charge in [-0.05, 0) is 23.2 Å².